The molecule has 2 N–H and O–H groups in total. The van der Waals surface area contributed by atoms with E-state index in [0.29, 0.717) is 17.1 Å². The summed E-state index contributed by atoms with van der Waals surface area (Å²) in [6, 6.07) is 8.69. The number of rotatable bonds is 4. The van der Waals surface area contributed by atoms with Gasteiger partial charge in [-0.05, 0) is 38.0 Å². The van der Waals surface area contributed by atoms with Gasteiger partial charge in [-0.3, -0.25) is 0 Å². The quantitative estimate of drug-likeness (QED) is 0.707. The molecule has 4 heterocycles. The van der Waals surface area contributed by atoms with Crippen LogP contribution in [0.5, 0.6) is 11.6 Å². The SMILES string of the molecule is C[C@]12CC[C@H](CN1)[C@H](Oc1ccc(-c3ccc(-n4ccnc4)cc3O)nn1)[C@@H]2F. The van der Waals surface area contributed by atoms with Crippen LogP contribution in [-0.2, 0) is 0 Å². The highest BCUT2D eigenvalue weighted by Gasteiger charge is 2.52. The zero-order valence-corrected chi connectivity index (χ0v) is 16.0. The summed E-state index contributed by atoms with van der Waals surface area (Å²) in [5.74, 6) is 0.520. The first-order valence-corrected chi connectivity index (χ1v) is 9.75. The monoisotopic (exact) mass is 395 g/mol. The first kappa shape index (κ1) is 18.1. The molecule has 8 heteroatoms. The molecule has 7 nitrogen and oxygen atoms in total. The van der Waals surface area contributed by atoms with Gasteiger partial charge in [-0.2, -0.15) is 0 Å². The molecule has 2 saturated heterocycles. The summed E-state index contributed by atoms with van der Waals surface area (Å²) in [4.78, 5) is 4.00. The number of phenolic OH excluding ortho intramolecular Hbond substituents is 1. The molecule has 4 atom stereocenters. The molecule has 0 radical (unpaired) electrons. The summed E-state index contributed by atoms with van der Waals surface area (Å²) in [7, 11) is 0. The second-order valence-corrected chi connectivity index (χ2v) is 8.01. The Kier molecular flexibility index (Phi) is 4.24. The zero-order chi connectivity index (χ0) is 20.0. The summed E-state index contributed by atoms with van der Waals surface area (Å²) < 4.78 is 22.6. The average molecular weight is 395 g/mol. The topological polar surface area (TPSA) is 85.1 Å². The van der Waals surface area contributed by atoms with E-state index in [-0.39, 0.29) is 11.7 Å². The third-order valence-corrected chi connectivity index (χ3v) is 6.12. The van der Waals surface area contributed by atoms with Crippen LogP contribution in [0.2, 0.25) is 0 Å². The van der Waals surface area contributed by atoms with E-state index in [4.69, 9.17) is 4.74 Å². The number of phenols is 1. The molecule has 1 saturated carbocycles. The molecular weight excluding hydrogens is 373 g/mol. The molecule has 2 aromatic heterocycles. The Labute approximate surface area is 167 Å². The summed E-state index contributed by atoms with van der Waals surface area (Å²) in [5.41, 5.74) is 1.34. The molecule has 6 rings (SSSR count). The van der Waals surface area contributed by atoms with Gasteiger partial charge in [-0.1, -0.05) is 0 Å². The van der Waals surface area contributed by atoms with E-state index in [0.717, 1.165) is 25.1 Å². The Hall–Kier alpha value is -3.00. The van der Waals surface area contributed by atoms with E-state index in [1.165, 1.54) is 0 Å². The molecule has 3 aromatic rings. The third kappa shape index (κ3) is 3.13. The maximum absolute atomic E-state index is 14.9. The third-order valence-electron chi connectivity index (χ3n) is 6.12. The van der Waals surface area contributed by atoms with Crippen molar-refractivity contribution in [1.82, 2.24) is 25.1 Å². The average Bonchev–Trinajstić information content (AvgIpc) is 3.27. The lowest BCUT2D eigenvalue weighted by Crippen LogP contribution is -2.68. The minimum absolute atomic E-state index is 0.0894. The number of hydrogen-bond acceptors (Lipinski definition) is 6. The minimum atomic E-state index is -1.09. The number of imidazole rings is 1. The van der Waals surface area contributed by atoms with Crippen LogP contribution < -0.4 is 10.1 Å². The van der Waals surface area contributed by atoms with E-state index < -0.39 is 17.8 Å². The van der Waals surface area contributed by atoms with Gasteiger partial charge in [0, 0.05) is 42.6 Å². The summed E-state index contributed by atoms with van der Waals surface area (Å²) in [5, 5.41) is 22.0. The van der Waals surface area contributed by atoms with Crippen molar-refractivity contribution in [3.63, 3.8) is 0 Å². The lowest BCUT2D eigenvalue weighted by molar-refractivity contribution is -0.0729. The van der Waals surface area contributed by atoms with Crippen LogP contribution >= 0.6 is 0 Å². The highest BCUT2D eigenvalue weighted by atomic mass is 19.1. The molecule has 2 aliphatic heterocycles. The number of fused-ring (bicyclic) bond motifs is 3. The number of hydrogen-bond donors (Lipinski definition) is 2. The number of piperidine rings is 2. The van der Waals surface area contributed by atoms with Gasteiger partial charge in [0.25, 0.3) is 0 Å². The maximum atomic E-state index is 14.9. The first-order chi connectivity index (χ1) is 14.0. The van der Waals surface area contributed by atoms with Gasteiger partial charge < -0.3 is 19.7 Å². The maximum Gasteiger partial charge on any atom is 0.233 e. The van der Waals surface area contributed by atoms with Gasteiger partial charge in [0.15, 0.2) is 6.17 Å². The van der Waals surface area contributed by atoms with Crippen LogP contribution in [0.1, 0.15) is 19.8 Å². The number of alkyl halides is 1. The molecule has 0 amide bonds. The van der Waals surface area contributed by atoms with Gasteiger partial charge in [-0.15, -0.1) is 10.2 Å². The van der Waals surface area contributed by atoms with Crippen LogP contribution in [0.15, 0.2) is 49.1 Å². The van der Waals surface area contributed by atoms with E-state index in [1.54, 1.807) is 47.6 Å². The Morgan fingerprint density at radius 1 is 1.28 bits per heavy atom. The minimum Gasteiger partial charge on any atom is -0.507 e. The molecule has 3 aliphatic rings. The van der Waals surface area contributed by atoms with Gasteiger partial charge >= 0.3 is 0 Å². The fourth-order valence-electron chi connectivity index (χ4n) is 4.29. The smallest absolute Gasteiger partial charge is 0.233 e. The van der Waals surface area contributed by atoms with Gasteiger partial charge in [0.05, 0.1) is 23.2 Å². The number of halogens is 1. The van der Waals surface area contributed by atoms with E-state index >= 15 is 0 Å². The van der Waals surface area contributed by atoms with Crippen molar-refractivity contribution in [2.24, 2.45) is 5.92 Å². The molecule has 150 valence electrons. The van der Waals surface area contributed by atoms with Gasteiger partial charge in [0.2, 0.25) is 5.88 Å². The fourth-order valence-corrected chi connectivity index (χ4v) is 4.29. The van der Waals surface area contributed by atoms with Gasteiger partial charge in [-0.25, -0.2) is 9.37 Å². The molecule has 1 aromatic carbocycles. The van der Waals surface area contributed by atoms with Crippen molar-refractivity contribution in [3.05, 3.63) is 49.1 Å². The van der Waals surface area contributed by atoms with Crippen molar-refractivity contribution >= 4 is 0 Å². The predicted molar refractivity (Wildman–Crippen MR) is 105 cm³/mol. The highest BCUT2D eigenvalue weighted by Crippen LogP contribution is 2.40. The largest absolute Gasteiger partial charge is 0.507 e. The fraction of sp³-hybridized carbons (Fsp3) is 0.381. The van der Waals surface area contributed by atoms with Crippen LogP contribution in [0.4, 0.5) is 4.39 Å². The molecule has 1 aliphatic carbocycles. The summed E-state index contributed by atoms with van der Waals surface area (Å²) in [6.45, 7) is 2.67. The lowest BCUT2D eigenvalue weighted by Gasteiger charge is -2.51. The molecule has 0 unspecified atom stereocenters. The van der Waals surface area contributed by atoms with Crippen molar-refractivity contribution < 1.29 is 14.2 Å². The van der Waals surface area contributed by atoms with Crippen LogP contribution in [0, 0.1) is 5.92 Å². The Balaban J connectivity index is 1.34. The number of aromatic nitrogens is 4. The summed E-state index contributed by atoms with van der Waals surface area (Å²) in [6.07, 6.45) is 5.29. The van der Waals surface area contributed by atoms with Crippen molar-refractivity contribution in [2.45, 2.75) is 37.6 Å². The number of nitrogens with one attached hydrogen (secondary N) is 1. The second kappa shape index (κ2) is 6.81. The number of aromatic hydroxyl groups is 1. The standard InChI is InChI=1S/C21H22FN5O2/c1-21-7-6-13(11-24-21)19(20(21)22)29-18-5-4-16(25-26-18)15-3-2-14(10-17(15)28)27-9-8-23-12-27/h2-5,8-10,12-13,19-20,24,28H,6-7,11H2,1H3/t13-,19+,20+,21-/m1/s1. The van der Waals surface area contributed by atoms with E-state index in [2.05, 4.69) is 20.5 Å². The van der Waals surface area contributed by atoms with Crippen LogP contribution in [0.25, 0.3) is 16.9 Å². The second-order valence-electron chi connectivity index (χ2n) is 8.01. The van der Waals surface area contributed by atoms with E-state index in [1.807, 2.05) is 13.0 Å². The number of nitrogens with zero attached hydrogens (tertiary/aromatic N) is 4. The zero-order valence-electron chi connectivity index (χ0n) is 16.0. The summed E-state index contributed by atoms with van der Waals surface area (Å²) >= 11 is 0. The number of benzene rings is 1. The predicted octanol–water partition coefficient (Wildman–Crippen LogP) is 2.89. The van der Waals surface area contributed by atoms with Crippen LogP contribution in [0.3, 0.4) is 0 Å². The van der Waals surface area contributed by atoms with Crippen molar-refractivity contribution in [2.75, 3.05) is 6.54 Å². The number of ether oxygens (including phenoxy) is 1. The molecule has 3 fully saturated rings. The highest BCUT2D eigenvalue weighted by molar-refractivity contribution is 5.68. The molecule has 0 spiro atoms. The van der Waals surface area contributed by atoms with Crippen molar-refractivity contribution in [1.29, 1.82) is 0 Å². The first-order valence-electron chi connectivity index (χ1n) is 9.75. The van der Waals surface area contributed by atoms with Crippen LogP contribution in [-0.4, -0.2) is 49.2 Å². The molecule has 29 heavy (non-hydrogen) atoms. The molecular formula is C21H22FN5O2. The van der Waals surface area contributed by atoms with Gasteiger partial charge in [0.1, 0.15) is 11.9 Å². The Bertz CT molecular complexity index is 1000. The molecule has 2 bridgehead atoms. The van der Waals surface area contributed by atoms with Crippen molar-refractivity contribution in [3.8, 4) is 28.6 Å². The Morgan fingerprint density at radius 3 is 2.83 bits per heavy atom. The van der Waals surface area contributed by atoms with E-state index in [9.17, 15) is 9.50 Å². The normalized spacial score (nSPS) is 28.4. The lowest BCUT2D eigenvalue weighted by atomic mass is 9.70. The Morgan fingerprint density at radius 2 is 2.17 bits per heavy atom.